The van der Waals surface area contributed by atoms with E-state index in [1.54, 1.807) is 6.92 Å². The number of thioether (sulfide) groups is 1. The van der Waals surface area contributed by atoms with Crippen LogP contribution in [0.25, 0.3) is 0 Å². The van der Waals surface area contributed by atoms with Crippen molar-refractivity contribution >= 4 is 45.7 Å². The van der Waals surface area contributed by atoms with E-state index in [9.17, 15) is 9.59 Å². The molecule has 1 amide bonds. The number of hydrogen-bond acceptors (Lipinski definition) is 5. The smallest absolute Gasteiger partial charge is 0.233 e. The van der Waals surface area contributed by atoms with Crippen LogP contribution in [0.5, 0.6) is 0 Å². The van der Waals surface area contributed by atoms with Gasteiger partial charge in [-0.3, -0.25) is 9.59 Å². The molecule has 2 aliphatic rings. The predicted octanol–water partition coefficient (Wildman–Crippen LogP) is 3.43. The maximum Gasteiger partial charge on any atom is 0.233 e. The molecule has 1 unspecified atom stereocenters. The highest BCUT2D eigenvalue weighted by atomic mass is 32.2. The van der Waals surface area contributed by atoms with Crippen LogP contribution in [0.1, 0.15) is 43.5 Å². The topological polar surface area (TPSA) is 43.9 Å². The normalized spacial score (nSPS) is 20.2. The van der Waals surface area contributed by atoms with Crippen LogP contribution in [0, 0.1) is 0 Å². The van der Waals surface area contributed by atoms with Crippen molar-refractivity contribution < 1.29 is 9.59 Å². The van der Waals surface area contributed by atoms with Crippen molar-refractivity contribution in [3.8, 4) is 0 Å². The molecule has 2 fully saturated rings. The lowest BCUT2D eigenvalue weighted by Crippen LogP contribution is -2.49. The van der Waals surface area contributed by atoms with Crippen LogP contribution in [0.15, 0.2) is 24.3 Å². The first kappa shape index (κ1) is 21.1. The number of carbonyl (C=O) groups excluding carboxylic acids is 2. The third-order valence-electron chi connectivity index (χ3n) is 5.63. The minimum absolute atomic E-state index is 0.0799. The fourth-order valence-corrected chi connectivity index (χ4v) is 5.10. The molecule has 152 valence electrons. The molecule has 2 saturated heterocycles. The number of benzene rings is 1. The van der Waals surface area contributed by atoms with Gasteiger partial charge in [0.1, 0.15) is 4.32 Å². The minimum atomic E-state index is 0.0799. The Hall–Kier alpha value is -1.60. The van der Waals surface area contributed by atoms with E-state index in [1.807, 2.05) is 29.2 Å². The zero-order chi connectivity index (χ0) is 20.1. The summed E-state index contributed by atoms with van der Waals surface area (Å²) in [4.78, 5) is 30.5. The van der Waals surface area contributed by atoms with Gasteiger partial charge in [-0.05, 0) is 57.4 Å². The number of Topliss-reactive ketones (excluding diaryl/α,β-unsaturated/α-hetero) is 1. The summed E-state index contributed by atoms with van der Waals surface area (Å²) >= 11 is 7.08. The molecule has 3 rings (SSSR count). The number of hydrogen-bond donors (Lipinski definition) is 0. The molecule has 7 heteroatoms. The maximum absolute atomic E-state index is 12.6. The Bertz CT molecular complexity index is 715. The highest BCUT2D eigenvalue weighted by Crippen LogP contribution is 2.22. The first-order valence-electron chi connectivity index (χ1n) is 10.0. The Morgan fingerprint density at radius 3 is 2.36 bits per heavy atom. The van der Waals surface area contributed by atoms with Crippen molar-refractivity contribution in [3.05, 3.63) is 29.8 Å². The summed E-state index contributed by atoms with van der Waals surface area (Å²) in [5, 5.41) is 0. The molecule has 0 N–H and O–H groups in total. The molecule has 0 saturated carbocycles. The third kappa shape index (κ3) is 5.26. The predicted molar refractivity (Wildman–Crippen MR) is 120 cm³/mol. The number of rotatable bonds is 4. The average Bonchev–Trinajstić information content (AvgIpc) is 2.72. The quantitative estimate of drug-likeness (QED) is 0.550. The number of piperazine rings is 1. The highest BCUT2D eigenvalue weighted by molar-refractivity contribution is 8.23. The van der Waals surface area contributed by atoms with Gasteiger partial charge in [-0.25, -0.2) is 0 Å². The third-order valence-corrected chi connectivity index (χ3v) is 7.09. The first-order valence-corrected chi connectivity index (χ1v) is 11.4. The van der Waals surface area contributed by atoms with Crippen LogP contribution in [-0.2, 0) is 4.79 Å². The van der Waals surface area contributed by atoms with E-state index in [0.29, 0.717) is 11.8 Å². The van der Waals surface area contributed by atoms with Crippen molar-refractivity contribution in [1.82, 2.24) is 9.80 Å². The fraction of sp³-hybridized carbons (Fsp3) is 0.571. The van der Waals surface area contributed by atoms with Crippen molar-refractivity contribution in [2.75, 3.05) is 43.4 Å². The number of carbonyl (C=O) groups is 2. The van der Waals surface area contributed by atoms with Gasteiger partial charge >= 0.3 is 0 Å². The maximum atomic E-state index is 12.6. The van der Waals surface area contributed by atoms with Crippen LogP contribution in [0.4, 0.5) is 5.69 Å². The van der Waals surface area contributed by atoms with Crippen LogP contribution in [-0.4, -0.2) is 70.3 Å². The zero-order valence-corrected chi connectivity index (χ0v) is 18.4. The first-order chi connectivity index (χ1) is 13.5. The molecule has 1 atom stereocenters. The molecule has 28 heavy (non-hydrogen) atoms. The summed E-state index contributed by atoms with van der Waals surface area (Å²) < 4.78 is 0.866. The van der Waals surface area contributed by atoms with Gasteiger partial charge in [0.05, 0.1) is 5.75 Å². The van der Waals surface area contributed by atoms with Gasteiger partial charge in [-0.2, -0.15) is 0 Å². The highest BCUT2D eigenvalue weighted by Gasteiger charge is 2.24. The number of likely N-dealkylation sites (tertiary alicyclic amines) is 1. The zero-order valence-electron chi connectivity index (χ0n) is 16.7. The van der Waals surface area contributed by atoms with Crippen LogP contribution in [0.3, 0.4) is 0 Å². The van der Waals surface area contributed by atoms with Crippen LogP contribution < -0.4 is 4.90 Å². The van der Waals surface area contributed by atoms with Crippen molar-refractivity contribution in [2.24, 2.45) is 0 Å². The van der Waals surface area contributed by atoms with E-state index < -0.39 is 0 Å². The van der Waals surface area contributed by atoms with E-state index in [1.165, 1.54) is 31.0 Å². The lowest BCUT2D eigenvalue weighted by Gasteiger charge is -2.37. The Morgan fingerprint density at radius 2 is 1.75 bits per heavy atom. The number of ketones is 1. The second-order valence-corrected chi connectivity index (χ2v) is 9.17. The van der Waals surface area contributed by atoms with E-state index in [0.717, 1.165) is 48.3 Å². The number of amides is 1. The molecule has 1 aromatic carbocycles. The van der Waals surface area contributed by atoms with Gasteiger partial charge < -0.3 is 14.7 Å². The average molecular weight is 420 g/mol. The molecule has 0 aliphatic carbocycles. The Balaban J connectivity index is 1.44. The molecule has 0 spiro atoms. The van der Waals surface area contributed by atoms with Gasteiger partial charge in [0.25, 0.3) is 0 Å². The van der Waals surface area contributed by atoms with Crippen molar-refractivity contribution in [1.29, 1.82) is 0 Å². The molecular weight excluding hydrogens is 390 g/mol. The summed E-state index contributed by atoms with van der Waals surface area (Å²) in [5.41, 5.74) is 1.83. The van der Waals surface area contributed by atoms with Crippen molar-refractivity contribution in [2.45, 2.75) is 39.2 Å². The Morgan fingerprint density at radius 1 is 1.07 bits per heavy atom. The SMILES string of the molecule is CC(=O)c1ccc(N2CCN(C(=O)CSC(=S)N3CCCCC3C)CC2)cc1. The van der Waals surface area contributed by atoms with E-state index in [-0.39, 0.29) is 11.7 Å². The number of anilines is 1. The monoisotopic (exact) mass is 419 g/mol. The van der Waals surface area contributed by atoms with E-state index in [2.05, 4.69) is 16.7 Å². The second-order valence-electron chi connectivity index (χ2n) is 7.56. The summed E-state index contributed by atoms with van der Waals surface area (Å²) in [6.07, 6.45) is 3.64. The van der Waals surface area contributed by atoms with Gasteiger partial charge in [0.2, 0.25) is 5.91 Å². The van der Waals surface area contributed by atoms with Crippen molar-refractivity contribution in [3.63, 3.8) is 0 Å². The Labute approximate surface area is 177 Å². The molecule has 5 nitrogen and oxygen atoms in total. The second kappa shape index (κ2) is 9.74. The standard InChI is InChI=1S/C21H29N3O2S2/c1-16-5-3-4-10-24(16)21(27)28-15-20(26)23-13-11-22(12-14-23)19-8-6-18(7-9-19)17(2)25/h6-9,16H,3-5,10-15H2,1-2H3. The molecule has 1 aromatic rings. The van der Waals surface area contributed by atoms with Gasteiger partial charge in [0, 0.05) is 50.0 Å². The van der Waals surface area contributed by atoms with Gasteiger partial charge in [-0.1, -0.05) is 24.0 Å². The number of thiocarbonyl (C=S) groups is 1. The Kier molecular flexibility index (Phi) is 7.35. The van der Waals surface area contributed by atoms with E-state index >= 15 is 0 Å². The molecule has 0 radical (unpaired) electrons. The molecule has 0 bridgehead atoms. The summed E-state index contributed by atoms with van der Waals surface area (Å²) in [6.45, 7) is 7.88. The summed E-state index contributed by atoms with van der Waals surface area (Å²) in [5.74, 6) is 0.676. The lowest BCUT2D eigenvalue weighted by atomic mass is 10.1. The van der Waals surface area contributed by atoms with Crippen LogP contribution >= 0.6 is 24.0 Å². The fourth-order valence-electron chi connectivity index (χ4n) is 3.79. The minimum Gasteiger partial charge on any atom is -0.368 e. The number of nitrogens with zero attached hydrogens (tertiary/aromatic N) is 3. The summed E-state index contributed by atoms with van der Waals surface area (Å²) in [6, 6.07) is 8.20. The largest absolute Gasteiger partial charge is 0.368 e. The molecule has 0 aromatic heterocycles. The number of piperidine rings is 1. The lowest BCUT2D eigenvalue weighted by molar-refractivity contribution is -0.128. The molecule has 2 aliphatic heterocycles. The van der Waals surface area contributed by atoms with Gasteiger partial charge in [-0.15, -0.1) is 0 Å². The molecular formula is C21H29N3O2S2. The molecule has 2 heterocycles. The van der Waals surface area contributed by atoms with Crippen LogP contribution in [0.2, 0.25) is 0 Å². The van der Waals surface area contributed by atoms with Gasteiger partial charge in [0.15, 0.2) is 5.78 Å². The summed E-state index contributed by atoms with van der Waals surface area (Å²) in [7, 11) is 0. The van der Waals surface area contributed by atoms with E-state index in [4.69, 9.17) is 12.2 Å².